The fourth-order valence-electron chi connectivity index (χ4n) is 3.59. The number of rotatable bonds is 5. The van der Waals surface area contributed by atoms with E-state index in [-0.39, 0.29) is 16.1 Å². The standard InChI is InChI=1S/C23H19FN4O5S2/c1-33-23(30)28-11-10-18-19(12-25)22(34-20(18)13-28)26-21(29)14-2-6-16(7-3-14)27-35(31,32)17-8-4-15(24)5-9-17/h2-9,27H,10-11,13H2,1H3,(H,26,29). The van der Waals surface area contributed by atoms with Crippen LogP contribution in [0.3, 0.4) is 0 Å². The first kappa shape index (κ1) is 24.2. The molecule has 35 heavy (non-hydrogen) atoms. The summed E-state index contributed by atoms with van der Waals surface area (Å²) in [6, 6.07) is 12.3. The van der Waals surface area contributed by atoms with E-state index in [2.05, 4.69) is 16.1 Å². The zero-order valence-corrected chi connectivity index (χ0v) is 20.0. The number of methoxy groups -OCH3 is 1. The molecule has 0 saturated carbocycles. The molecule has 0 unspecified atom stereocenters. The van der Waals surface area contributed by atoms with Gasteiger partial charge in [-0.05, 0) is 60.5 Å². The smallest absolute Gasteiger partial charge is 0.409 e. The average molecular weight is 515 g/mol. The lowest BCUT2D eigenvalue weighted by molar-refractivity contribution is 0.102. The summed E-state index contributed by atoms with van der Waals surface area (Å²) in [7, 11) is -2.62. The Hall–Kier alpha value is -3.95. The van der Waals surface area contributed by atoms with Crippen molar-refractivity contribution in [3.05, 3.63) is 75.9 Å². The Morgan fingerprint density at radius 1 is 1.14 bits per heavy atom. The molecule has 2 amide bonds. The third-order valence-corrected chi connectivity index (χ3v) is 7.88. The number of thiophene rings is 1. The highest BCUT2D eigenvalue weighted by atomic mass is 32.2. The van der Waals surface area contributed by atoms with Gasteiger partial charge in [0.15, 0.2) is 0 Å². The summed E-state index contributed by atoms with van der Waals surface area (Å²) in [5, 5.41) is 12.8. The van der Waals surface area contributed by atoms with E-state index >= 15 is 0 Å². The first-order valence-electron chi connectivity index (χ1n) is 10.3. The average Bonchev–Trinajstić information content (AvgIpc) is 3.19. The zero-order chi connectivity index (χ0) is 25.2. The third-order valence-electron chi connectivity index (χ3n) is 5.35. The van der Waals surface area contributed by atoms with E-state index in [1.165, 1.54) is 47.6 Å². The van der Waals surface area contributed by atoms with Crippen molar-refractivity contribution >= 4 is 44.0 Å². The van der Waals surface area contributed by atoms with Crippen molar-refractivity contribution in [3.63, 3.8) is 0 Å². The quantitative estimate of drug-likeness (QED) is 0.531. The van der Waals surface area contributed by atoms with Crippen LogP contribution in [0, 0.1) is 17.1 Å². The summed E-state index contributed by atoms with van der Waals surface area (Å²) < 4.78 is 45.1. The van der Waals surface area contributed by atoms with Crippen molar-refractivity contribution in [2.75, 3.05) is 23.7 Å². The number of carbonyl (C=O) groups is 2. The van der Waals surface area contributed by atoms with Gasteiger partial charge in [-0.25, -0.2) is 17.6 Å². The second-order valence-corrected chi connectivity index (χ2v) is 10.3. The van der Waals surface area contributed by atoms with Crippen molar-refractivity contribution in [2.45, 2.75) is 17.9 Å². The molecule has 3 aromatic rings. The third kappa shape index (κ3) is 5.11. The van der Waals surface area contributed by atoms with Crippen LogP contribution in [-0.2, 0) is 27.7 Å². The van der Waals surface area contributed by atoms with Crippen LogP contribution in [0.1, 0.15) is 26.4 Å². The molecule has 12 heteroatoms. The van der Waals surface area contributed by atoms with Crippen LogP contribution in [0.2, 0.25) is 0 Å². The molecule has 0 atom stereocenters. The maximum atomic E-state index is 13.1. The van der Waals surface area contributed by atoms with Crippen LogP contribution in [-0.4, -0.2) is 39.0 Å². The molecule has 0 saturated heterocycles. The predicted octanol–water partition coefficient (Wildman–Crippen LogP) is 3.94. The highest BCUT2D eigenvalue weighted by molar-refractivity contribution is 7.92. The van der Waals surface area contributed by atoms with Gasteiger partial charge in [0.2, 0.25) is 0 Å². The lowest BCUT2D eigenvalue weighted by Gasteiger charge is -2.25. The number of sulfonamides is 1. The molecule has 2 aromatic carbocycles. The normalized spacial score (nSPS) is 12.9. The summed E-state index contributed by atoms with van der Waals surface area (Å²) >= 11 is 1.23. The highest BCUT2D eigenvalue weighted by Crippen LogP contribution is 2.37. The topological polar surface area (TPSA) is 129 Å². The second-order valence-electron chi connectivity index (χ2n) is 7.55. The van der Waals surface area contributed by atoms with E-state index in [0.29, 0.717) is 30.1 Å². The number of carbonyl (C=O) groups excluding carboxylic acids is 2. The fourth-order valence-corrected chi connectivity index (χ4v) is 5.85. The molecule has 4 rings (SSSR count). The summed E-state index contributed by atoms with van der Waals surface area (Å²) in [6.45, 7) is 0.702. The van der Waals surface area contributed by atoms with Crippen molar-refractivity contribution in [1.82, 2.24) is 4.90 Å². The van der Waals surface area contributed by atoms with E-state index in [0.717, 1.165) is 34.7 Å². The van der Waals surface area contributed by atoms with Crippen LogP contribution >= 0.6 is 11.3 Å². The van der Waals surface area contributed by atoms with Crippen molar-refractivity contribution in [3.8, 4) is 6.07 Å². The number of hydrogen-bond donors (Lipinski definition) is 2. The van der Waals surface area contributed by atoms with Crippen molar-refractivity contribution in [2.24, 2.45) is 0 Å². The van der Waals surface area contributed by atoms with Crippen molar-refractivity contribution in [1.29, 1.82) is 5.26 Å². The molecule has 180 valence electrons. The number of halogens is 1. The van der Waals surface area contributed by atoms with Gasteiger partial charge >= 0.3 is 6.09 Å². The second kappa shape index (κ2) is 9.73. The number of anilines is 2. The van der Waals surface area contributed by atoms with Gasteiger partial charge < -0.3 is 15.0 Å². The molecular formula is C23H19FN4O5S2. The van der Waals surface area contributed by atoms with Crippen LogP contribution < -0.4 is 10.0 Å². The van der Waals surface area contributed by atoms with E-state index in [9.17, 15) is 27.7 Å². The first-order valence-corrected chi connectivity index (χ1v) is 12.6. The molecule has 9 nitrogen and oxygen atoms in total. The summed E-state index contributed by atoms with van der Waals surface area (Å²) in [5.41, 5.74) is 1.64. The number of nitrogens with zero attached hydrogens (tertiary/aromatic N) is 2. The number of ether oxygens (including phenoxy) is 1. The predicted molar refractivity (Wildman–Crippen MR) is 127 cm³/mol. The van der Waals surface area contributed by atoms with E-state index in [1.54, 1.807) is 0 Å². The molecule has 2 N–H and O–H groups in total. The van der Waals surface area contributed by atoms with Gasteiger partial charge in [-0.3, -0.25) is 9.52 Å². The molecule has 0 radical (unpaired) electrons. The largest absolute Gasteiger partial charge is 0.453 e. The molecule has 0 aliphatic carbocycles. The molecule has 1 aliphatic rings. The van der Waals surface area contributed by atoms with Crippen LogP contribution in [0.25, 0.3) is 0 Å². The van der Waals surface area contributed by atoms with Crippen molar-refractivity contribution < 1.29 is 27.1 Å². The number of nitriles is 1. The van der Waals surface area contributed by atoms with Crippen LogP contribution in [0.15, 0.2) is 53.4 Å². The van der Waals surface area contributed by atoms with Gasteiger partial charge in [0.05, 0.1) is 24.1 Å². The van der Waals surface area contributed by atoms with Gasteiger partial charge in [0, 0.05) is 22.7 Å². The SMILES string of the molecule is COC(=O)N1CCc2c(sc(NC(=O)c3ccc(NS(=O)(=O)c4ccc(F)cc4)cc3)c2C#N)C1. The summed E-state index contributed by atoms with van der Waals surface area (Å²) in [4.78, 5) is 26.8. The Morgan fingerprint density at radius 2 is 1.83 bits per heavy atom. The van der Waals surface area contributed by atoms with Crippen LogP contribution in [0.5, 0.6) is 0 Å². The number of benzene rings is 2. The zero-order valence-electron chi connectivity index (χ0n) is 18.4. The number of fused-ring (bicyclic) bond motifs is 1. The van der Waals surface area contributed by atoms with Gasteiger partial charge in [0.1, 0.15) is 16.9 Å². The number of amides is 2. The van der Waals surface area contributed by atoms with Gasteiger partial charge in [-0.2, -0.15) is 5.26 Å². The molecule has 0 fully saturated rings. The molecular weight excluding hydrogens is 495 g/mol. The Bertz CT molecular complexity index is 1430. The van der Waals surface area contributed by atoms with Gasteiger partial charge in [0.25, 0.3) is 15.9 Å². The Morgan fingerprint density at radius 3 is 2.46 bits per heavy atom. The maximum Gasteiger partial charge on any atom is 0.409 e. The van der Waals surface area contributed by atoms with Gasteiger partial charge in [-0.15, -0.1) is 11.3 Å². The monoisotopic (exact) mass is 514 g/mol. The van der Waals surface area contributed by atoms with E-state index in [4.69, 9.17) is 4.74 Å². The molecule has 0 bridgehead atoms. The Labute approximate surface area is 204 Å². The molecule has 2 heterocycles. The summed E-state index contributed by atoms with van der Waals surface area (Å²) in [5.74, 6) is -1.02. The fraction of sp³-hybridized carbons (Fsp3) is 0.174. The minimum absolute atomic E-state index is 0.0998. The Balaban J connectivity index is 1.47. The van der Waals surface area contributed by atoms with E-state index < -0.39 is 27.8 Å². The first-order chi connectivity index (χ1) is 16.7. The molecule has 1 aromatic heterocycles. The minimum atomic E-state index is -3.92. The molecule has 1 aliphatic heterocycles. The lowest BCUT2D eigenvalue weighted by Crippen LogP contribution is -2.35. The van der Waals surface area contributed by atoms with Gasteiger partial charge in [-0.1, -0.05) is 0 Å². The molecule has 0 spiro atoms. The lowest BCUT2D eigenvalue weighted by atomic mass is 10.0. The maximum absolute atomic E-state index is 13.1. The van der Waals surface area contributed by atoms with Crippen LogP contribution in [0.4, 0.5) is 19.9 Å². The Kier molecular flexibility index (Phi) is 6.72. The minimum Gasteiger partial charge on any atom is -0.453 e. The number of hydrogen-bond acceptors (Lipinski definition) is 7. The van der Waals surface area contributed by atoms with E-state index in [1.807, 2.05) is 0 Å². The summed E-state index contributed by atoms with van der Waals surface area (Å²) in [6.07, 6.45) is 0.0195. The number of nitrogens with one attached hydrogen (secondary N) is 2. The highest BCUT2D eigenvalue weighted by Gasteiger charge is 2.28.